The van der Waals surface area contributed by atoms with E-state index in [1.54, 1.807) is 37.6 Å². The van der Waals surface area contributed by atoms with E-state index >= 15 is 0 Å². The van der Waals surface area contributed by atoms with Crippen LogP contribution in [0.1, 0.15) is 35.5 Å². The van der Waals surface area contributed by atoms with Gasteiger partial charge in [-0.2, -0.15) is 5.10 Å². The van der Waals surface area contributed by atoms with Gasteiger partial charge in [0.05, 0.1) is 37.1 Å². The predicted octanol–water partition coefficient (Wildman–Crippen LogP) is 4.54. The Labute approximate surface area is 184 Å². The molecule has 3 aromatic rings. The lowest BCUT2D eigenvalue weighted by Crippen LogP contribution is -2.07. The van der Waals surface area contributed by atoms with E-state index in [-0.39, 0.29) is 18.4 Å². The highest BCUT2D eigenvalue weighted by Gasteiger charge is 2.09. The molecule has 8 heteroatoms. The molecule has 160 valence electrons. The van der Waals surface area contributed by atoms with Crippen LogP contribution in [0.3, 0.4) is 0 Å². The first-order valence-corrected chi connectivity index (χ1v) is 10.7. The van der Waals surface area contributed by atoms with Gasteiger partial charge in [0.2, 0.25) is 5.13 Å². The molecule has 0 aliphatic heterocycles. The lowest BCUT2D eigenvalue weighted by Gasteiger charge is -2.07. The summed E-state index contributed by atoms with van der Waals surface area (Å²) in [5, 5.41) is 6.67. The third-order valence-corrected chi connectivity index (χ3v) is 5.01. The second kappa shape index (κ2) is 11.0. The van der Waals surface area contributed by atoms with Gasteiger partial charge in [-0.15, -0.1) is 11.3 Å². The summed E-state index contributed by atoms with van der Waals surface area (Å²) in [6.07, 6.45) is 1.85. The van der Waals surface area contributed by atoms with Crippen LogP contribution in [0.25, 0.3) is 11.1 Å². The first kappa shape index (κ1) is 22.2. The number of nitrogens with one attached hydrogen (secondary N) is 1. The molecule has 1 aromatic heterocycles. The highest BCUT2D eigenvalue weighted by atomic mass is 32.1. The molecule has 0 radical (unpaired) electrons. The zero-order valence-electron chi connectivity index (χ0n) is 17.3. The maximum atomic E-state index is 11.8. The minimum Gasteiger partial charge on any atom is -0.466 e. The van der Waals surface area contributed by atoms with E-state index in [0.717, 1.165) is 16.7 Å². The molecule has 0 spiro atoms. The standard InChI is InChI=1S/C23H23N3O4S/c1-3-29-21(27)13-19-15-31-23(25-19)26-24-14-18-7-5-6-8-20(18)16-9-11-17(12-10-16)22(28)30-4-2/h5-12,14-15H,3-4,13H2,1-2H3,(H,25,26). The van der Waals surface area contributed by atoms with E-state index in [2.05, 4.69) is 15.5 Å². The molecular formula is C23H23N3O4S. The van der Waals surface area contributed by atoms with E-state index in [4.69, 9.17) is 9.47 Å². The van der Waals surface area contributed by atoms with E-state index in [1.807, 2.05) is 36.4 Å². The number of esters is 2. The third-order valence-electron chi connectivity index (χ3n) is 4.21. The van der Waals surface area contributed by atoms with Crippen LogP contribution in [0.15, 0.2) is 59.0 Å². The van der Waals surface area contributed by atoms with Crippen molar-refractivity contribution in [3.8, 4) is 11.1 Å². The first-order valence-electron chi connectivity index (χ1n) is 9.86. The van der Waals surface area contributed by atoms with Crippen LogP contribution in [0.2, 0.25) is 0 Å². The largest absolute Gasteiger partial charge is 0.466 e. The molecule has 0 saturated heterocycles. The molecule has 0 aliphatic rings. The summed E-state index contributed by atoms with van der Waals surface area (Å²) >= 11 is 1.37. The van der Waals surface area contributed by atoms with Crippen molar-refractivity contribution in [2.45, 2.75) is 20.3 Å². The Morgan fingerprint density at radius 1 is 1.06 bits per heavy atom. The van der Waals surface area contributed by atoms with Crippen LogP contribution in [0, 0.1) is 0 Å². The van der Waals surface area contributed by atoms with Gasteiger partial charge in [0.15, 0.2) is 0 Å². The number of ether oxygens (including phenoxy) is 2. The Morgan fingerprint density at radius 3 is 2.55 bits per heavy atom. The third kappa shape index (κ3) is 6.23. The summed E-state index contributed by atoms with van der Waals surface area (Å²) in [7, 11) is 0. The van der Waals surface area contributed by atoms with Crippen molar-refractivity contribution in [2.24, 2.45) is 5.10 Å². The van der Waals surface area contributed by atoms with Crippen LogP contribution >= 0.6 is 11.3 Å². The zero-order chi connectivity index (χ0) is 22.1. The number of aromatic nitrogens is 1. The Hall–Kier alpha value is -3.52. The van der Waals surface area contributed by atoms with Crippen LogP contribution in [0.4, 0.5) is 5.13 Å². The number of nitrogens with zero attached hydrogens (tertiary/aromatic N) is 2. The molecule has 31 heavy (non-hydrogen) atoms. The second-order valence-electron chi connectivity index (χ2n) is 6.38. The molecule has 0 saturated carbocycles. The molecule has 7 nitrogen and oxygen atoms in total. The van der Waals surface area contributed by atoms with Gasteiger partial charge in [-0.1, -0.05) is 36.4 Å². The average molecular weight is 438 g/mol. The van der Waals surface area contributed by atoms with Gasteiger partial charge in [-0.05, 0) is 37.1 Å². The number of rotatable bonds is 9. The van der Waals surface area contributed by atoms with Crippen molar-refractivity contribution in [3.63, 3.8) is 0 Å². The minimum atomic E-state index is -0.334. The van der Waals surface area contributed by atoms with Crippen molar-refractivity contribution < 1.29 is 19.1 Å². The van der Waals surface area contributed by atoms with Crippen LogP contribution in [0.5, 0.6) is 0 Å². The van der Waals surface area contributed by atoms with Crippen molar-refractivity contribution >= 4 is 34.6 Å². The van der Waals surface area contributed by atoms with Crippen molar-refractivity contribution in [2.75, 3.05) is 18.6 Å². The smallest absolute Gasteiger partial charge is 0.338 e. The number of thiazole rings is 1. The summed E-state index contributed by atoms with van der Waals surface area (Å²) in [5.74, 6) is -0.635. The van der Waals surface area contributed by atoms with Crippen LogP contribution in [-0.2, 0) is 20.7 Å². The van der Waals surface area contributed by atoms with E-state index in [1.165, 1.54) is 11.3 Å². The summed E-state index contributed by atoms with van der Waals surface area (Å²) < 4.78 is 9.96. The van der Waals surface area contributed by atoms with Crippen LogP contribution < -0.4 is 5.43 Å². The van der Waals surface area contributed by atoms with Crippen molar-refractivity contribution in [3.05, 3.63) is 70.7 Å². The minimum absolute atomic E-state index is 0.139. The summed E-state index contributed by atoms with van der Waals surface area (Å²) in [5.41, 5.74) is 6.90. The normalized spacial score (nSPS) is 10.8. The van der Waals surface area contributed by atoms with E-state index < -0.39 is 0 Å². The molecule has 0 fully saturated rings. The lowest BCUT2D eigenvalue weighted by molar-refractivity contribution is -0.142. The maximum Gasteiger partial charge on any atom is 0.338 e. The first-order chi connectivity index (χ1) is 15.1. The summed E-state index contributed by atoms with van der Waals surface area (Å²) in [6.45, 7) is 4.25. The maximum absolute atomic E-state index is 11.8. The zero-order valence-corrected chi connectivity index (χ0v) is 18.1. The molecular weight excluding hydrogens is 414 g/mol. The Morgan fingerprint density at radius 2 is 1.81 bits per heavy atom. The Kier molecular flexibility index (Phi) is 7.89. The van der Waals surface area contributed by atoms with Gasteiger partial charge >= 0.3 is 11.9 Å². The molecule has 3 rings (SSSR count). The fourth-order valence-corrected chi connectivity index (χ4v) is 3.49. The van der Waals surface area contributed by atoms with Gasteiger partial charge < -0.3 is 9.47 Å². The number of carbonyl (C=O) groups is 2. The Bertz CT molecular complexity index is 1060. The van der Waals surface area contributed by atoms with Crippen LogP contribution in [-0.4, -0.2) is 36.4 Å². The molecule has 1 heterocycles. The van der Waals surface area contributed by atoms with Gasteiger partial charge in [0, 0.05) is 10.9 Å². The van der Waals surface area contributed by atoms with E-state index in [9.17, 15) is 9.59 Å². The second-order valence-corrected chi connectivity index (χ2v) is 7.24. The highest BCUT2D eigenvalue weighted by molar-refractivity contribution is 7.13. The monoisotopic (exact) mass is 437 g/mol. The fraction of sp³-hybridized carbons (Fsp3) is 0.217. The lowest BCUT2D eigenvalue weighted by atomic mass is 9.99. The predicted molar refractivity (Wildman–Crippen MR) is 122 cm³/mol. The Balaban J connectivity index is 1.68. The molecule has 1 N–H and O–H groups in total. The number of carbonyl (C=O) groups excluding carboxylic acids is 2. The number of anilines is 1. The van der Waals surface area contributed by atoms with Gasteiger partial charge in [-0.25, -0.2) is 9.78 Å². The summed E-state index contributed by atoms with van der Waals surface area (Å²) in [4.78, 5) is 27.7. The van der Waals surface area contributed by atoms with Gasteiger partial charge in [0.25, 0.3) is 0 Å². The van der Waals surface area contributed by atoms with Crippen molar-refractivity contribution in [1.82, 2.24) is 4.98 Å². The average Bonchev–Trinajstić information content (AvgIpc) is 3.21. The molecule has 0 aliphatic carbocycles. The molecule has 2 aromatic carbocycles. The number of hydrogen-bond donors (Lipinski definition) is 1. The number of hydrazone groups is 1. The SMILES string of the molecule is CCOC(=O)Cc1csc(NN=Cc2ccccc2-c2ccc(C(=O)OCC)cc2)n1. The van der Waals surface area contributed by atoms with E-state index in [0.29, 0.717) is 29.6 Å². The molecule has 0 bridgehead atoms. The summed E-state index contributed by atoms with van der Waals surface area (Å²) in [6, 6.07) is 15.1. The molecule has 0 atom stereocenters. The van der Waals surface area contributed by atoms with Gasteiger partial charge in [-0.3, -0.25) is 10.2 Å². The van der Waals surface area contributed by atoms with Gasteiger partial charge in [0.1, 0.15) is 0 Å². The molecule has 0 amide bonds. The molecule has 0 unspecified atom stereocenters. The van der Waals surface area contributed by atoms with Crippen molar-refractivity contribution in [1.29, 1.82) is 0 Å². The number of benzene rings is 2. The highest BCUT2D eigenvalue weighted by Crippen LogP contribution is 2.23. The topological polar surface area (TPSA) is 89.9 Å². The quantitative estimate of drug-likeness (QED) is 0.300. The fourth-order valence-electron chi connectivity index (χ4n) is 2.83. The number of hydrogen-bond acceptors (Lipinski definition) is 8.